The van der Waals surface area contributed by atoms with Crippen LogP contribution < -0.4 is 14.8 Å². The fraction of sp³-hybridized carbons (Fsp3) is 0.526. The first kappa shape index (κ1) is 18.1. The summed E-state index contributed by atoms with van der Waals surface area (Å²) in [5.41, 5.74) is 0.715. The van der Waals surface area contributed by atoms with Crippen molar-refractivity contribution in [2.75, 3.05) is 13.2 Å². The van der Waals surface area contributed by atoms with Crippen molar-refractivity contribution in [3.63, 3.8) is 0 Å². The van der Waals surface area contributed by atoms with E-state index in [4.69, 9.17) is 21.1 Å². The van der Waals surface area contributed by atoms with Gasteiger partial charge in [0.05, 0.1) is 13.0 Å². The summed E-state index contributed by atoms with van der Waals surface area (Å²) in [6.45, 7) is 1.36. The number of aromatic nitrogens is 3. The lowest BCUT2D eigenvalue weighted by Gasteiger charge is -2.24. The Kier molecular flexibility index (Phi) is 5.48. The Labute approximate surface area is 163 Å². The molecule has 0 atom stereocenters. The van der Waals surface area contributed by atoms with Gasteiger partial charge in [0.1, 0.15) is 19.5 Å². The summed E-state index contributed by atoms with van der Waals surface area (Å²) in [4.78, 5) is 12.4. The van der Waals surface area contributed by atoms with E-state index in [1.54, 1.807) is 18.5 Å². The molecule has 0 spiro atoms. The Hall–Kier alpha value is -2.28. The van der Waals surface area contributed by atoms with Crippen LogP contribution in [-0.2, 0) is 17.8 Å². The molecule has 144 valence electrons. The van der Waals surface area contributed by atoms with E-state index in [0.717, 1.165) is 18.7 Å². The van der Waals surface area contributed by atoms with Crippen LogP contribution in [0.3, 0.4) is 0 Å². The Morgan fingerprint density at radius 1 is 1.19 bits per heavy atom. The molecule has 0 saturated heterocycles. The van der Waals surface area contributed by atoms with Crippen molar-refractivity contribution in [1.82, 2.24) is 20.1 Å². The number of hydrogen-bond acceptors (Lipinski definition) is 5. The quantitative estimate of drug-likeness (QED) is 0.848. The third-order valence-electron chi connectivity index (χ3n) is 5.12. The first-order chi connectivity index (χ1) is 13.2. The lowest BCUT2D eigenvalue weighted by Crippen LogP contribution is -2.27. The molecule has 0 radical (unpaired) electrons. The molecular weight excluding hydrogens is 368 g/mol. The maximum atomic E-state index is 12.4. The molecule has 4 rings (SSSR count). The number of benzene rings is 1. The van der Waals surface area contributed by atoms with Crippen LogP contribution in [0.25, 0.3) is 0 Å². The highest BCUT2D eigenvalue weighted by molar-refractivity contribution is 6.31. The molecular formula is C19H23ClN4O3. The smallest absolute Gasteiger partial charge is 0.224 e. The lowest BCUT2D eigenvalue weighted by atomic mass is 9.95. The first-order valence-corrected chi connectivity index (χ1v) is 9.81. The molecule has 1 fully saturated rings. The number of ether oxygens (including phenoxy) is 2. The van der Waals surface area contributed by atoms with Gasteiger partial charge in [-0.1, -0.05) is 30.9 Å². The second kappa shape index (κ2) is 8.17. The molecule has 1 aromatic heterocycles. The van der Waals surface area contributed by atoms with Gasteiger partial charge in [-0.05, 0) is 24.5 Å². The maximum Gasteiger partial charge on any atom is 0.224 e. The second-order valence-corrected chi connectivity index (χ2v) is 7.39. The minimum absolute atomic E-state index is 0.119. The summed E-state index contributed by atoms with van der Waals surface area (Å²) in [6.07, 6.45) is 8.00. The number of amides is 1. The molecule has 1 aromatic carbocycles. The minimum atomic E-state index is -0.119. The largest absolute Gasteiger partial charge is 0.486 e. The highest BCUT2D eigenvalue weighted by Gasteiger charge is 2.20. The Bertz CT molecular complexity index is 817. The van der Waals surface area contributed by atoms with Gasteiger partial charge in [-0.2, -0.15) is 0 Å². The molecule has 2 aliphatic rings. The van der Waals surface area contributed by atoms with Gasteiger partial charge in [-0.3, -0.25) is 4.79 Å². The lowest BCUT2D eigenvalue weighted by molar-refractivity contribution is -0.120. The van der Waals surface area contributed by atoms with Crippen LogP contribution in [0.1, 0.15) is 49.5 Å². The number of carbonyl (C=O) groups excluding carboxylic acids is 1. The predicted molar refractivity (Wildman–Crippen MR) is 100 cm³/mol. The third-order valence-corrected chi connectivity index (χ3v) is 5.47. The topological polar surface area (TPSA) is 78.3 Å². The number of rotatable bonds is 5. The summed E-state index contributed by atoms with van der Waals surface area (Å²) < 4.78 is 13.2. The second-order valence-electron chi connectivity index (χ2n) is 6.99. The van der Waals surface area contributed by atoms with Gasteiger partial charge in [0, 0.05) is 17.1 Å². The van der Waals surface area contributed by atoms with Gasteiger partial charge < -0.3 is 19.4 Å². The van der Waals surface area contributed by atoms with Crippen molar-refractivity contribution < 1.29 is 14.3 Å². The molecule has 0 unspecified atom stereocenters. The maximum absolute atomic E-state index is 12.4. The zero-order valence-corrected chi connectivity index (χ0v) is 15.9. The van der Waals surface area contributed by atoms with Crippen molar-refractivity contribution in [2.24, 2.45) is 0 Å². The first-order valence-electron chi connectivity index (χ1n) is 9.44. The molecule has 2 aromatic rings. The van der Waals surface area contributed by atoms with Crippen molar-refractivity contribution in [3.05, 3.63) is 34.9 Å². The molecule has 1 aliphatic heterocycles. The molecule has 7 nitrogen and oxygen atoms in total. The fourth-order valence-electron chi connectivity index (χ4n) is 3.71. The van der Waals surface area contributed by atoms with Gasteiger partial charge in [-0.25, -0.2) is 0 Å². The summed E-state index contributed by atoms with van der Waals surface area (Å²) in [7, 11) is 0. The molecule has 1 saturated carbocycles. The van der Waals surface area contributed by atoms with Crippen LogP contribution in [0, 0.1) is 0 Å². The molecule has 27 heavy (non-hydrogen) atoms. The van der Waals surface area contributed by atoms with E-state index in [9.17, 15) is 4.79 Å². The van der Waals surface area contributed by atoms with Gasteiger partial charge >= 0.3 is 0 Å². The van der Waals surface area contributed by atoms with Crippen molar-refractivity contribution in [3.8, 4) is 11.5 Å². The van der Waals surface area contributed by atoms with Crippen LogP contribution in [0.5, 0.6) is 11.5 Å². The number of nitrogens with zero attached hydrogens (tertiary/aromatic N) is 3. The van der Waals surface area contributed by atoms with E-state index in [-0.39, 0.29) is 12.3 Å². The highest BCUT2D eigenvalue weighted by atomic mass is 35.5. The fourth-order valence-corrected chi connectivity index (χ4v) is 3.93. The van der Waals surface area contributed by atoms with Gasteiger partial charge in [-0.15, -0.1) is 10.2 Å². The number of fused-ring (bicyclic) bond motifs is 1. The molecule has 2 heterocycles. The summed E-state index contributed by atoms with van der Waals surface area (Å²) in [5.74, 6) is 1.93. The predicted octanol–water partition coefficient (Wildman–Crippen LogP) is 3.07. The van der Waals surface area contributed by atoms with Crippen molar-refractivity contribution >= 4 is 17.5 Å². The van der Waals surface area contributed by atoms with E-state index in [0.29, 0.717) is 47.9 Å². The minimum Gasteiger partial charge on any atom is -0.486 e. The molecule has 1 N–H and O–H groups in total. The molecule has 1 amide bonds. The average Bonchev–Trinajstić information content (AvgIpc) is 3.16. The Morgan fingerprint density at radius 2 is 1.93 bits per heavy atom. The molecule has 1 aliphatic carbocycles. The van der Waals surface area contributed by atoms with E-state index in [2.05, 4.69) is 20.1 Å². The zero-order chi connectivity index (χ0) is 18.6. The van der Waals surface area contributed by atoms with Crippen molar-refractivity contribution in [2.45, 2.75) is 51.1 Å². The monoisotopic (exact) mass is 390 g/mol. The zero-order valence-electron chi connectivity index (χ0n) is 15.1. The van der Waals surface area contributed by atoms with Crippen LogP contribution in [-0.4, -0.2) is 33.9 Å². The normalized spacial score (nSPS) is 16.9. The standard InChI is InChI=1S/C19H23ClN4O3/c20-15-10-17-16(26-6-7-27-17)8-13(15)9-19(25)21-11-18-23-22-12-24(18)14-4-2-1-3-5-14/h8,10,12,14H,1-7,9,11H2,(H,21,25). The highest BCUT2D eigenvalue weighted by Crippen LogP contribution is 2.35. The van der Waals surface area contributed by atoms with E-state index < -0.39 is 0 Å². The summed E-state index contributed by atoms with van der Waals surface area (Å²) in [6, 6.07) is 3.92. The van der Waals surface area contributed by atoms with Crippen LogP contribution in [0.15, 0.2) is 18.5 Å². The van der Waals surface area contributed by atoms with Crippen LogP contribution in [0.2, 0.25) is 5.02 Å². The van der Waals surface area contributed by atoms with Gasteiger partial charge in [0.15, 0.2) is 17.3 Å². The van der Waals surface area contributed by atoms with E-state index in [1.165, 1.54) is 19.3 Å². The average molecular weight is 391 g/mol. The van der Waals surface area contributed by atoms with E-state index in [1.807, 2.05) is 0 Å². The van der Waals surface area contributed by atoms with Crippen LogP contribution in [0.4, 0.5) is 0 Å². The Balaban J connectivity index is 1.37. The Morgan fingerprint density at radius 3 is 2.70 bits per heavy atom. The van der Waals surface area contributed by atoms with Gasteiger partial charge in [0.25, 0.3) is 0 Å². The van der Waals surface area contributed by atoms with Crippen LogP contribution >= 0.6 is 11.6 Å². The third kappa shape index (κ3) is 4.18. The van der Waals surface area contributed by atoms with Gasteiger partial charge in [0.2, 0.25) is 5.91 Å². The number of hydrogen-bond donors (Lipinski definition) is 1. The number of nitrogens with one attached hydrogen (secondary N) is 1. The summed E-state index contributed by atoms with van der Waals surface area (Å²) in [5, 5.41) is 11.6. The van der Waals surface area contributed by atoms with Crippen molar-refractivity contribution in [1.29, 1.82) is 0 Å². The summed E-state index contributed by atoms with van der Waals surface area (Å²) >= 11 is 6.29. The SMILES string of the molecule is O=C(Cc1cc2c(cc1Cl)OCCO2)NCc1nncn1C1CCCCC1. The molecule has 8 heteroatoms. The number of halogens is 1. The number of carbonyl (C=O) groups is 1. The van der Waals surface area contributed by atoms with E-state index >= 15 is 0 Å². The molecule has 0 bridgehead atoms.